The summed E-state index contributed by atoms with van der Waals surface area (Å²) in [6.45, 7) is 5.88. The van der Waals surface area contributed by atoms with Crippen LogP contribution in [0.15, 0.2) is 52.4 Å². The SMILES string of the molecule is CCOc1cccc2sc(=NC(=O)c3ccc(S(=O)(=O)N4CCCCC4C)cc3)n(CCOC)c12. The van der Waals surface area contributed by atoms with Gasteiger partial charge in [0.25, 0.3) is 5.91 Å². The number of piperidine rings is 1. The number of benzene rings is 2. The number of methoxy groups -OCH3 is 1. The van der Waals surface area contributed by atoms with Gasteiger partial charge in [-0.05, 0) is 63.1 Å². The van der Waals surface area contributed by atoms with E-state index in [0.717, 1.165) is 35.2 Å². The Morgan fingerprint density at radius 2 is 1.94 bits per heavy atom. The van der Waals surface area contributed by atoms with Crippen LogP contribution in [0.25, 0.3) is 10.2 Å². The summed E-state index contributed by atoms with van der Waals surface area (Å²) < 4.78 is 41.7. The molecule has 3 aromatic rings. The number of aromatic nitrogens is 1. The topological polar surface area (TPSA) is 90.2 Å². The van der Waals surface area contributed by atoms with Gasteiger partial charge >= 0.3 is 0 Å². The molecule has 1 fully saturated rings. The zero-order valence-electron chi connectivity index (χ0n) is 20.3. The zero-order chi connectivity index (χ0) is 25.0. The summed E-state index contributed by atoms with van der Waals surface area (Å²) in [4.78, 5) is 18.2. The lowest BCUT2D eigenvalue weighted by Gasteiger charge is -2.32. The molecule has 1 aromatic heterocycles. The molecule has 1 unspecified atom stereocenters. The molecule has 0 radical (unpaired) electrons. The van der Waals surface area contributed by atoms with E-state index < -0.39 is 15.9 Å². The molecule has 1 saturated heterocycles. The van der Waals surface area contributed by atoms with Crippen molar-refractivity contribution >= 4 is 37.5 Å². The fourth-order valence-electron chi connectivity index (χ4n) is 4.33. The molecule has 0 N–H and O–H groups in total. The van der Waals surface area contributed by atoms with Crippen LogP contribution in [-0.2, 0) is 21.3 Å². The second kappa shape index (κ2) is 11.0. The van der Waals surface area contributed by atoms with Gasteiger partial charge in [0.15, 0.2) is 4.80 Å². The van der Waals surface area contributed by atoms with E-state index in [1.165, 1.54) is 35.6 Å². The molecule has 1 aliphatic heterocycles. The molecule has 1 atom stereocenters. The van der Waals surface area contributed by atoms with Crippen LogP contribution in [-0.4, -0.2) is 56.1 Å². The van der Waals surface area contributed by atoms with E-state index in [1.54, 1.807) is 11.4 Å². The molecule has 0 aliphatic carbocycles. The Balaban J connectivity index is 1.67. The summed E-state index contributed by atoms with van der Waals surface area (Å²) in [6, 6.07) is 11.8. The molecular weight excluding hydrogens is 486 g/mol. The minimum Gasteiger partial charge on any atom is -0.492 e. The number of carbonyl (C=O) groups is 1. The van der Waals surface area contributed by atoms with Gasteiger partial charge in [0, 0.05) is 31.8 Å². The first-order chi connectivity index (χ1) is 16.9. The lowest BCUT2D eigenvalue weighted by atomic mass is 10.1. The van der Waals surface area contributed by atoms with Crippen molar-refractivity contribution in [2.24, 2.45) is 4.99 Å². The van der Waals surface area contributed by atoms with E-state index in [1.807, 2.05) is 36.6 Å². The number of amides is 1. The van der Waals surface area contributed by atoms with Gasteiger partial charge in [-0.2, -0.15) is 9.30 Å². The van der Waals surface area contributed by atoms with Gasteiger partial charge in [-0.3, -0.25) is 4.79 Å². The van der Waals surface area contributed by atoms with E-state index in [9.17, 15) is 13.2 Å². The van der Waals surface area contributed by atoms with Gasteiger partial charge < -0.3 is 14.0 Å². The quantitative estimate of drug-likeness (QED) is 0.450. The Morgan fingerprint density at radius 1 is 1.17 bits per heavy atom. The summed E-state index contributed by atoms with van der Waals surface area (Å²) >= 11 is 1.40. The summed E-state index contributed by atoms with van der Waals surface area (Å²) in [5.41, 5.74) is 1.21. The zero-order valence-corrected chi connectivity index (χ0v) is 21.9. The van der Waals surface area contributed by atoms with E-state index in [-0.39, 0.29) is 10.9 Å². The van der Waals surface area contributed by atoms with Crippen LogP contribution in [0.3, 0.4) is 0 Å². The highest BCUT2D eigenvalue weighted by molar-refractivity contribution is 7.89. The standard InChI is InChI=1S/C25H31N3O5S2/c1-4-33-21-9-7-10-22-23(21)27(16-17-32-3)25(34-22)26-24(29)19-11-13-20(14-12-19)35(30,31)28-15-6-5-8-18(28)2/h7,9-14,18H,4-6,8,15-17H2,1-3H3. The fourth-order valence-corrected chi connectivity index (χ4v) is 7.10. The first-order valence-corrected chi connectivity index (χ1v) is 14.1. The molecule has 188 valence electrons. The van der Waals surface area contributed by atoms with Crippen LogP contribution in [0, 0.1) is 0 Å². The molecule has 2 aromatic carbocycles. The minimum atomic E-state index is -3.60. The van der Waals surface area contributed by atoms with Crippen LogP contribution >= 0.6 is 11.3 Å². The smallest absolute Gasteiger partial charge is 0.279 e. The summed E-state index contributed by atoms with van der Waals surface area (Å²) in [7, 11) is -1.97. The summed E-state index contributed by atoms with van der Waals surface area (Å²) in [6.07, 6.45) is 2.76. The Hall–Kier alpha value is -2.53. The third-order valence-electron chi connectivity index (χ3n) is 6.13. The first-order valence-electron chi connectivity index (χ1n) is 11.8. The number of sulfonamides is 1. The number of hydrogen-bond acceptors (Lipinski definition) is 6. The lowest BCUT2D eigenvalue weighted by Crippen LogP contribution is -2.41. The van der Waals surface area contributed by atoms with Crippen molar-refractivity contribution in [3.05, 3.63) is 52.8 Å². The molecule has 4 rings (SSSR count). The molecule has 10 heteroatoms. The Kier molecular flexibility index (Phi) is 8.05. The molecule has 2 heterocycles. The number of nitrogens with zero attached hydrogens (tertiary/aromatic N) is 3. The third kappa shape index (κ3) is 5.35. The highest BCUT2D eigenvalue weighted by Gasteiger charge is 2.31. The Labute approximate surface area is 209 Å². The molecule has 8 nitrogen and oxygen atoms in total. The maximum Gasteiger partial charge on any atom is 0.279 e. The molecule has 0 saturated carbocycles. The van der Waals surface area contributed by atoms with Gasteiger partial charge in [-0.15, -0.1) is 0 Å². The predicted octanol–water partition coefficient (Wildman–Crippen LogP) is 4.05. The normalized spacial score (nSPS) is 17.7. The first kappa shape index (κ1) is 25.6. The van der Waals surface area contributed by atoms with Crippen molar-refractivity contribution in [2.75, 3.05) is 26.9 Å². The van der Waals surface area contributed by atoms with E-state index >= 15 is 0 Å². The fraction of sp³-hybridized carbons (Fsp3) is 0.440. The maximum atomic E-state index is 13.1. The molecule has 1 amide bonds. The molecule has 0 bridgehead atoms. The highest BCUT2D eigenvalue weighted by Crippen LogP contribution is 2.28. The number of para-hydroxylation sites is 1. The van der Waals surface area contributed by atoms with Crippen molar-refractivity contribution < 1.29 is 22.7 Å². The highest BCUT2D eigenvalue weighted by atomic mass is 32.2. The van der Waals surface area contributed by atoms with Gasteiger partial charge in [0.2, 0.25) is 10.0 Å². The monoisotopic (exact) mass is 517 g/mol. The van der Waals surface area contributed by atoms with Crippen LogP contribution in [0.5, 0.6) is 5.75 Å². The van der Waals surface area contributed by atoms with Crippen LogP contribution in [0.2, 0.25) is 0 Å². The van der Waals surface area contributed by atoms with Crippen LogP contribution in [0.1, 0.15) is 43.5 Å². The van der Waals surface area contributed by atoms with Gasteiger partial charge in [0.05, 0.1) is 22.8 Å². The van der Waals surface area contributed by atoms with E-state index in [2.05, 4.69) is 4.99 Å². The van der Waals surface area contributed by atoms with Crippen molar-refractivity contribution in [1.29, 1.82) is 0 Å². The number of hydrogen-bond donors (Lipinski definition) is 0. The lowest BCUT2D eigenvalue weighted by molar-refractivity contribution is 0.0997. The third-order valence-corrected chi connectivity index (χ3v) is 9.20. The second-order valence-corrected chi connectivity index (χ2v) is 11.4. The molecule has 0 spiro atoms. The average molecular weight is 518 g/mol. The van der Waals surface area contributed by atoms with Gasteiger partial charge in [0.1, 0.15) is 11.3 Å². The number of ether oxygens (including phenoxy) is 2. The van der Waals surface area contributed by atoms with Gasteiger partial charge in [-0.25, -0.2) is 8.42 Å². The van der Waals surface area contributed by atoms with E-state index in [4.69, 9.17) is 9.47 Å². The number of fused-ring (bicyclic) bond motifs is 1. The van der Waals surface area contributed by atoms with Crippen molar-refractivity contribution in [3.8, 4) is 5.75 Å². The molecule has 1 aliphatic rings. The maximum absolute atomic E-state index is 13.1. The van der Waals surface area contributed by atoms with Crippen LogP contribution < -0.4 is 9.54 Å². The minimum absolute atomic E-state index is 0.0258. The largest absolute Gasteiger partial charge is 0.492 e. The van der Waals surface area contributed by atoms with Crippen molar-refractivity contribution in [2.45, 2.75) is 50.6 Å². The Morgan fingerprint density at radius 3 is 2.63 bits per heavy atom. The number of rotatable bonds is 8. The van der Waals surface area contributed by atoms with E-state index in [0.29, 0.717) is 36.7 Å². The predicted molar refractivity (Wildman–Crippen MR) is 136 cm³/mol. The van der Waals surface area contributed by atoms with Crippen LogP contribution in [0.4, 0.5) is 0 Å². The molecular formula is C25H31N3O5S2. The number of thiazole rings is 1. The van der Waals surface area contributed by atoms with Crippen molar-refractivity contribution in [3.63, 3.8) is 0 Å². The number of carbonyl (C=O) groups excluding carboxylic acids is 1. The summed E-state index contributed by atoms with van der Waals surface area (Å²) in [5.74, 6) is 0.295. The Bertz CT molecular complexity index is 1360. The summed E-state index contributed by atoms with van der Waals surface area (Å²) in [5, 5.41) is 0. The second-order valence-electron chi connectivity index (χ2n) is 8.47. The molecule has 35 heavy (non-hydrogen) atoms. The van der Waals surface area contributed by atoms with Crippen molar-refractivity contribution in [1.82, 2.24) is 8.87 Å². The van der Waals surface area contributed by atoms with Gasteiger partial charge in [-0.1, -0.05) is 23.8 Å². The average Bonchev–Trinajstić information content (AvgIpc) is 3.20.